The zero-order valence-corrected chi connectivity index (χ0v) is 11.7. The van der Waals surface area contributed by atoms with Crippen molar-refractivity contribution in [2.45, 2.75) is 50.5 Å². The normalized spacial score (nSPS) is 22.4. The summed E-state index contributed by atoms with van der Waals surface area (Å²) in [5.74, 6) is -0.0691. The molecule has 0 bridgehead atoms. The average molecular weight is 303 g/mol. The maximum Gasteiger partial charge on any atom is 0.417 e. The molecule has 0 saturated heterocycles. The van der Waals surface area contributed by atoms with E-state index in [0.717, 1.165) is 32.1 Å². The average Bonchev–Trinajstić information content (AvgIpc) is 2.52. The number of aliphatic hydroxyl groups excluding tert-OH is 1. The van der Waals surface area contributed by atoms with Crippen LogP contribution in [0.3, 0.4) is 0 Å². The summed E-state index contributed by atoms with van der Waals surface area (Å²) in [6, 6.07) is 7.82. The van der Waals surface area contributed by atoms with Crippen molar-refractivity contribution in [1.82, 2.24) is 0 Å². The van der Waals surface area contributed by atoms with E-state index < -0.39 is 25.0 Å². The molecule has 0 radical (unpaired) electrons. The minimum Gasteiger partial charge on any atom is -0.381 e. The van der Waals surface area contributed by atoms with Crippen LogP contribution in [-0.4, -0.2) is 24.0 Å². The Morgan fingerprint density at radius 3 is 2.38 bits per heavy atom. The number of alkyl halides is 3. The molecule has 5 heteroatoms. The Bertz CT molecular complexity index is 446. The summed E-state index contributed by atoms with van der Waals surface area (Å²) in [4.78, 5) is 0. The van der Waals surface area contributed by atoms with Crippen LogP contribution in [0.1, 0.15) is 45.1 Å². The van der Waals surface area contributed by atoms with Crippen LogP contribution < -0.4 is 0 Å². The van der Waals surface area contributed by atoms with E-state index in [1.165, 1.54) is 12.1 Å². The molecule has 118 valence electrons. The Balaban J connectivity index is 2.14. The molecule has 1 aliphatic rings. The van der Waals surface area contributed by atoms with E-state index in [1.807, 2.05) is 0 Å². The maximum atomic E-state index is 12.9. The van der Waals surface area contributed by atoms with Gasteiger partial charge in [-0.1, -0.05) is 49.6 Å². The molecule has 1 aromatic rings. The summed E-state index contributed by atoms with van der Waals surface area (Å²) in [5, 5.41) is 9.61. The lowest BCUT2D eigenvalue weighted by atomic mass is 9.90. The van der Waals surface area contributed by atoms with Crippen LogP contribution in [0.25, 0.3) is 0 Å². The molecule has 0 spiro atoms. The van der Waals surface area contributed by atoms with E-state index in [4.69, 9.17) is 6.11 Å². The summed E-state index contributed by atoms with van der Waals surface area (Å²) in [7, 11) is 0. The van der Waals surface area contributed by atoms with Crippen LogP contribution in [0.2, 0.25) is 0 Å². The first kappa shape index (κ1) is 14.9. The van der Waals surface area contributed by atoms with E-state index in [9.17, 15) is 18.3 Å². The molecular formula is C16H21F3O2. The molecule has 0 heterocycles. The zero-order chi connectivity index (χ0) is 16.2. The van der Waals surface area contributed by atoms with Gasteiger partial charge in [0.15, 0.2) is 6.10 Å². The first-order chi connectivity index (χ1) is 10.4. The van der Waals surface area contributed by atoms with Gasteiger partial charge in [-0.25, -0.2) is 0 Å². The van der Waals surface area contributed by atoms with E-state index >= 15 is 0 Å². The van der Waals surface area contributed by atoms with Crippen LogP contribution in [0.5, 0.6) is 0 Å². The summed E-state index contributed by atoms with van der Waals surface area (Å²) in [6.45, 7) is -1.05. The van der Waals surface area contributed by atoms with Crippen LogP contribution in [0, 0.1) is 5.92 Å². The van der Waals surface area contributed by atoms with Gasteiger partial charge in [-0.3, -0.25) is 0 Å². The topological polar surface area (TPSA) is 29.5 Å². The van der Waals surface area contributed by atoms with Gasteiger partial charge in [-0.05, 0) is 24.3 Å². The number of aliphatic hydroxyl groups is 1. The lowest BCUT2D eigenvalue weighted by molar-refractivity contribution is -0.240. The van der Waals surface area contributed by atoms with Crippen molar-refractivity contribution in [1.29, 1.82) is 0 Å². The molecule has 2 nitrogen and oxygen atoms in total. The molecular weight excluding hydrogens is 281 g/mol. The van der Waals surface area contributed by atoms with E-state index in [-0.39, 0.29) is 11.5 Å². The third-order valence-corrected chi connectivity index (χ3v) is 3.82. The molecule has 1 N–H and O–H groups in total. The van der Waals surface area contributed by atoms with Gasteiger partial charge in [0.2, 0.25) is 0 Å². The monoisotopic (exact) mass is 303 g/mol. The number of benzene rings is 1. The van der Waals surface area contributed by atoms with Crippen molar-refractivity contribution in [3.63, 3.8) is 0 Å². The zero-order valence-electron chi connectivity index (χ0n) is 12.7. The molecule has 1 saturated carbocycles. The Morgan fingerprint density at radius 2 is 1.81 bits per heavy atom. The second kappa shape index (κ2) is 7.27. The smallest absolute Gasteiger partial charge is 0.381 e. The summed E-state index contributed by atoms with van der Waals surface area (Å²) in [6.07, 6.45) is -4.36. The van der Waals surface area contributed by atoms with E-state index in [2.05, 4.69) is 0 Å². The summed E-state index contributed by atoms with van der Waals surface area (Å²) >= 11 is 0. The molecule has 21 heavy (non-hydrogen) atoms. The Morgan fingerprint density at radius 1 is 1.19 bits per heavy atom. The molecule has 1 fully saturated rings. The van der Waals surface area contributed by atoms with Gasteiger partial charge in [-0.15, -0.1) is 0 Å². The van der Waals surface area contributed by atoms with Gasteiger partial charge >= 0.3 is 6.18 Å². The van der Waals surface area contributed by atoms with Gasteiger partial charge in [-0.2, -0.15) is 13.2 Å². The fraction of sp³-hybridized carbons (Fsp3) is 0.625. The molecule has 0 unspecified atom stereocenters. The predicted octanol–water partition coefficient (Wildman–Crippen LogP) is 4.25. The quantitative estimate of drug-likeness (QED) is 0.881. The van der Waals surface area contributed by atoms with Crippen molar-refractivity contribution >= 4 is 0 Å². The first-order valence-corrected chi connectivity index (χ1v) is 7.27. The second-order valence-electron chi connectivity index (χ2n) is 5.49. The van der Waals surface area contributed by atoms with Crippen molar-refractivity contribution < 1.29 is 24.4 Å². The van der Waals surface area contributed by atoms with Crippen molar-refractivity contribution in [3.8, 4) is 0 Å². The molecule has 0 aromatic heterocycles. The highest BCUT2D eigenvalue weighted by molar-refractivity contribution is 5.19. The minimum atomic E-state index is -4.78. The Kier molecular flexibility index (Phi) is 5.14. The lowest BCUT2D eigenvalue weighted by Crippen LogP contribution is -2.36. The van der Waals surface area contributed by atoms with E-state index in [0.29, 0.717) is 0 Å². The van der Waals surface area contributed by atoms with Crippen LogP contribution in [-0.2, 0) is 4.74 Å². The van der Waals surface area contributed by atoms with Crippen molar-refractivity contribution in [2.24, 2.45) is 5.92 Å². The SMILES string of the molecule is [2H][C@@H](O[C@@H](c1ccccc1)[C@H](O)C(F)(F)F)C1CCCCC1. The number of hydrogen-bond donors (Lipinski definition) is 1. The third-order valence-electron chi connectivity index (χ3n) is 3.82. The molecule has 1 aliphatic carbocycles. The van der Waals surface area contributed by atoms with Gasteiger partial charge in [0.25, 0.3) is 0 Å². The van der Waals surface area contributed by atoms with Crippen molar-refractivity contribution in [3.05, 3.63) is 35.9 Å². The first-order valence-electron chi connectivity index (χ1n) is 7.85. The Hall–Kier alpha value is -1.07. The van der Waals surface area contributed by atoms with Crippen LogP contribution in [0.4, 0.5) is 13.2 Å². The molecule has 0 aliphatic heterocycles. The number of halogens is 3. The molecule has 2 rings (SSSR count). The van der Waals surface area contributed by atoms with Crippen molar-refractivity contribution in [2.75, 3.05) is 6.58 Å². The maximum absolute atomic E-state index is 12.9. The predicted molar refractivity (Wildman–Crippen MR) is 73.8 cm³/mol. The highest BCUT2D eigenvalue weighted by atomic mass is 19.4. The summed E-state index contributed by atoms with van der Waals surface area (Å²) < 4.78 is 52.1. The largest absolute Gasteiger partial charge is 0.417 e. The van der Waals surface area contributed by atoms with Gasteiger partial charge < -0.3 is 9.84 Å². The Labute approximate surface area is 124 Å². The highest BCUT2D eigenvalue weighted by Crippen LogP contribution is 2.34. The van der Waals surface area contributed by atoms with Crippen LogP contribution in [0.15, 0.2) is 30.3 Å². The minimum absolute atomic E-state index is 0.0691. The number of ether oxygens (including phenoxy) is 1. The molecule has 1 aromatic carbocycles. The standard InChI is InChI=1S/C16H21F3O2/c17-16(18,19)15(20)14(13-9-5-2-6-10-13)21-11-12-7-3-1-4-8-12/h2,5-6,9-10,12,14-15,20H,1,3-4,7-8,11H2/t14-,15-/m0/s1/i11D/t11-,14+,15+/m1. The third kappa shape index (κ3) is 4.71. The fourth-order valence-electron chi connectivity index (χ4n) is 2.62. The summed E-state index contributed by atoms with van der Waals surface area (Å²) in [5.41, 5.74) is 0.236. The lowest BCUT2D eigenvalue weighted by Gasteiger charge is -2.28. The number of rotatable bonds is 5. The number of hydrogen-bond acceptors (Lipinski definition) is 2. The van der Waals surface area contributed by atoms with Gasteiger partial charge in [0.1, 0.15) is 6.10 Å². The van der Waals surface area contributed by atoms with Gasteiger partial charge in [0, 0.05) is 0 Å². The van der Waals surface area contributed by atoms with Crippen LogP contribution >= 0.6 is 0 Å². The van der Waals surface area contributed by atoms with Gasteiger partial charge in [0.05, 0.1) is 7.95 Å². The molecule has 0 amide bonds. The molecule has 3 atom stereocenters. The highest BCUT2D eigenvalue weighted by Gasteiger charge is 2.45. The van der Waals surface area contributed by atoms with E-state index in [1.54, 1.807) is 18.2 Å². The second-order valence-corrected chi connectivity index (χ2v) is 5.49. The fourth-order valence-corrected chi connectivity index (χ4v) is 2.62.